The van der Waals surface area contributed by atoms with E-state index >= 15 is 0 Å². The summed E-state index contributed by atoms with van der Waals surface area (Å²) in [5.41, 5.74) is 8.50. The highest BCUT2D eigenvalue weighted by Gasteiger charge is 2.31. The van der Waals surface area contributed by atoms with Gasteiger partial charge in [-0.05, 0) is 30.7 Å². The van der Waals surface area contributed by atoms with Crippen LogP contribution in [0.4, 0.5) is 0 Å². The molecule has 0 spiro atoms. The molecule has 0 bridgehead atoms. The zero-order valence-corrected chi connectivity index (χ0v) is 9.20. The lowest BCUT2D eigenvalue weighted by molar-refractivity contribution is 0.563. The van der Waals surface area contributed by atoms with Crippen LogP contribution >= 0.6 is 0 Å². The molecule has 3 nitrogen and oxygen atoms in total. The minimum absolute atomic E-state index is 0.194. The van der Waals surface area contributed by atoms with Gasteiger partial charge < -0.3 is 5.73 Å². The first-order chi connectivity index (χ1) is 6.59. The van der Waals surface area contributed by atoms with Crippen LogP contribution in [0.1, 0.15) is 50.0 Å². The van der Waals surface area contributed by atoms with Crippen LogP contribution in [-0.4, -0.2) is 9.78 Å². The fourth-order valence-electron chi connectivity index (χ4n) is 1.80. The van der Waals surface area contributed by atoms with Gasteiger partial charge in [0.1, 0.15) is 0 Å². The molecule has 1 aliphatic carbocycles. The normalized spacial score (nSPS) is 18.9. The van der Waals surface area contributed by atoms with E-state index in [4.69, 9.17) is 5.73 Å². The molecule has 0 amide bonds. The smallest absolute Gasteiger partial charge is 0.0653 e. The molecule has 0 aromatic carbocycles. The Morgan fingerprint density at radius 3 is 2.57 bits per heavy atom. The maximum absolute atomic E-state index is 6.15. The molecule has 2 N–H and O–H groups in total. The van der Waals surface area contributed by atoms with Crippen molar-refractivity contribution in [2.24, 2.45) is 18.7 Å². The summed E-state index contributed by atoms with van der Waals surface area (Å²) in [7, 11) is 1.99. The number of aromatic nitrogens is 2. The van der Waals surface area contributed by atoms with Crippen LogP contribution in [-0.2, 0) is 7.05 Å². The molecular formula is C11H19N3. The van der Waals surface area contributed by atoms with Crippen molar-refractivity contribution < 1.29 is 0 Å². The second-order valence-electron chi connectivity index (χ2n) is 4.64. The standard InChI is InChI=1S/C11H19N3/c1-7(2)9-6-10(14(3)13-9)11(12)8-4-5-8/h6-8,11H,4-5,12H2,1-3H3. The lowest BCUT2D eigenvalue weighted by Crippen LogP contribution is -2.16. The van der Waals surface area contributed by atoms with Crippen molar-refractivity contribution in [3.05, 3.63) is 17.5 Å². The van der Waals surface area contributed by atoms with Gasteiger partial charge in [-0.1, -0.05) is 13.8 Å². The van der Waals surface area contributed by atoms with E-state index in [2.05, 4.69) is 25.0 Å². The Morgan fingerprint density at radius 1 is 1.50 bits per heavy atom. The minimum Gasteiger partial charge on any atom is -0.322 e. The number of hydrogen-bond donors (Lipinski definition) is 1. The van der Waals surface area contributed by atoms with Crippen molar-refractivity contribution in [3.63, 3.8) is 0 Å². The number of aryl methyl sites for hydroxylation is 1. The molecule has 1 aliphatic rings. The molecule has 1 atom stereocenters. The van der Waals surface area contributed by atoms with Crippen molar-refractivity contribution in [1.82, 2.24) is 9.78 Å². The highest BCUT2D eigenvalue weighted by molar-refractivity contribution is 5.18. The number of nitrogens with zero attached hydrogens (tertiary/aromatic N) is 2. The first kappa shape index (κ1) is 9.71. The van der Waals surface area contributed by atoms with Crippen molar-refractivity contribution in [2.75, 3.05) is 0 Å². The topological polar surface area (TPSA) is 43.8 Å². The van der Waals surface area contributed by atoms with Crippen molar-refractivity contribution in [3.8, 4) is 0 Å². The maximum Gasteiger partial charge on any atom is 0.0653 e. The first-order valence-electron chi connectivity index (χ1n) is 5.39. The van der Waals surface area contributed by atoms with Gasteiger partial charge in [0, 0.05) is 13.1 Å². The molecule has 1 heterocycles. The van der Waals surface area contributed by atoms with Crippen LogP contribution in [0, 0.1) is 5.92 Å². The van der Waals surface area contributed by atoms with Gasteiger partial charge in [0.25, 0.3) is 0 Å². The molecular weight excluding hydrogens is 174 g/mol. The minimum atomic E-state index is 0.194. The predicted octanol–water partition coefficient (Wildman–Crippen LogP) is 1.95. The van der Waals surface area contributed by atoms with Crippen molar-refractivity contribution in [1.29, 1.82) is 0 Å². The molecule has 0 radical (unpaired) electrons. The van der Waals surface area contributed by atoms with E-state index < -0.39 is 0 Å². The SMILES string of the molecule is CC(C)c1cc(C(N)C2CC2)n(C)n1. The Labute approximate surface area is 85.3 Å². The van der Waals surface area contributed by atoms with Crippen LogP contribution in [0.15, 0.2) is 6.07 Å². The van der Waals surface area contributed by atoms with E-state index in [-0.39, 0.29) is 6.04 Å². The third-order valence-corrected chi connectivity index (χ3v) is 3.00. The monoisotopic (exact) mass is 193 g/mol. The van der Waals surface area contributed by atoms with Gasteiger partial charge in [0.2, 0.25) is 0 Å². The fraction of sp³-hybridized carbons (Fsp3) is 0.727. The van der Waals surface area contributed by atoms with Crippen molar-refractivity contribution >= 4 is 0 Å². The van der Waals surface area contributed by atoms with Crippen LogP contribution in [0.25, 0.3) is 0 Å². The Hall–Kier alpha value is -0.830. The lowest BCUT2D eigenvalue weighted by atomic mass is 10.1. The summed E-state index contributed by atoms with van der Waals surface area (Å²) in [6.07, 6.45) is 2.56. The Kier molecular flexibility index (Phi) is 2.35. The summed E-state index contributed by atoms with van der Waals surface area (Å²) in [6.45, 7) is 4.32. The summed E-state index contributed by atoms with van der Waals surface area (Å²) in [4.78, 5) is 0. The second kappa shape index (κ2) is 3.39. The number of nitrogens with two attached hydrogens (primary N) is 1. The van der Waals surface area contributed by atoms with Gasteiger partial charge in [0.15, 0.2) is 0 Å². The maximum atomic E-state index is 6.15. The average Bonchev–Trinajstić information content (AvgIpc) is 2.88. The van der Waals surface area contributed by atoms with E-state index in [1.807, 2.05) is 11.7 Å². The Balaban J connectivity index is 2.23. The quantitative estimate of drug-likeness (QED) is 0.797. The third kappa shape index (κ3) is 1.69. The van der Waals surface area contributed by atoms with Gasteiger partial charge in [-0.2, -0.15) is 5.10 Å². The molecule has 1 saturated carbocycles. The molecule has 0 saturated heterocycles. The van der Waals surface area contributed by atoms with Crippen LogP contribution in [0.2, 0.25) is 0 Å². The summed E-state index contributed by atoms with van der Waals surface area (Å²) in [5, 5.41) is 4.48. The molecule has 1 fully saturated rings. The molecule has 2 rings (SSSR count). The number of hydrogen-bond acceptors (Lipinski definition) is 2. The van der Waals surface area contributed by atoms with Gasteiger partial charge in [0.05, 0.1) is 11.4 Å². The Morgan fingerprint density at radius 2 is 2.14 bits per heavy atom. The average molecular weight is 193 g/mol. The molecule has 78 valence electrons. The number of rotatable bonds is 3. The van der Waals surface area contributed by atoms with Crippen molar-refractivity contribution in [2.45, 2.75) is 38.6 Å². The lowest BCUT2D eigenvalue weighted by Gasteiger charge is -2.09. The van der Waals surface area contributed by atoms with Crippen LogP contribution in [0.3, 0.4) is 0 Å². The van der Waals surface area contributed by atoms with Gasteiger partial charge >= 0.3 is 0 Å². The van der Waals surface area contributed by atoms with Crippen LogP contribution < -0.4 is 5.73 Å². The van der Waals surface area contributed by atoms with E-state index in [0.29, 0.717) is 11.8 Å². The van der Waals surface area contributed by atoms with Crippen LogP contribution in [0.5, 0.6) is 0 Å². The molecule has 1 aromatic rings. The summed E-state index contributed by atoms with van der Waals surface area (Å²) >= 11 is 0. The fourth-order valence-corrected chi connectivity index (χ4v) is 1.80. The largest absolute Gasteiger partial charge is 0.322 e. The van der Waals surface area contributed by atoms with Gasteiger partial charge in [-0.15, -0.1) is 0 Å². The summed E-state index contributed by atoms with van der Waals surface area (Å²) in [5.74, 6) is 1.19. The third-order valence-electron chi connectivity index (χ3n) is 3.00. The molecule has 1 aromatic heterocycles. The van der Waals surface area contributed by atoms with Gasteiger partial charge in [-0.3, -0.25) is 4.68 Å². The predicted molar refractivity (Wildman–Crippen MR) is 56.9 cm³/mol. The van der Waals surface area contributed by atoms with E-state index in [1.165, 1.54) is 18.5 Å². The molecule has 1 unspecified atom stereocenters. The first-order valence-corrected chi connectivity index (χ1v) is 5.39. The summed E-state index contributed by atoms with van der Waals surface area (Å²) in [6, 6.07) is 2.35. The zero-order valence-electron chi connectivity index (χ0n) is 9.20. The second-order valence-corrected chi connectivity index (χ2v) is 4.64. The molecule has 14 heavy (non-hydrogen) atoms. The zero-order chi connectivity index (χ0) is 10.3. The molecule has 3 heteroatoms. The van der Waals surface area contributed by atoms with E-state index in [1.54, 1.807) is 0 Å². The highest BCUT2D eigenvalue weighted by atomic mass is 15.3. The highest BCUT2D eigenvalue weighted by Crippen LogP contribution is 2.39. The van der Waals surface area contributed by atoms with E-state index in [0.717, 1.165) is 5.69 Å². The van der Waals surface area contributed by atoms with E-state index in [9.17, 15) is 0 Å². The summed E-state index contributed by atoms with van der Waals surface area (Å²) < 4.78 is 1.94. The van der Waals surface area contributed by atoms with Gasteiger partial charge in [-0.25, -0.2) is 0 Å². The molecule has 0 aliphatic heterocycles. The Bertz CT molecular complexity index is 323.